The van der Waals surface area contributed by atoms with Crippen LogP contribution in [0.3, 0.4) is 0 Å². The van der Waals surface area contributed by atoms with Gasteiger partial charge in [0.15, 0.2) is 29.3 Å². The monoisotopic (exact) mass is 517 g/mol. The second kappa shape index (κ2) is 16.4. The van der Waals surface area contributed by atoms with Crippen LogP contribution in [0.1, 0.15) is 60.2 Å². The van der Waals surface area contributed by atoms with Gasteiger partial charge in [-0.3, -0.25) is 19.7 Å². The molecular weight excluding hydrogens is 486 g/mol. The summed E-state index contributed by atoms with van der Waals surface area (Å²) in [4.78, 5) is 53.1. The molecular formula is C26H31NO10. The second-order valence-electron chi connectivity index (χ2n) is 7.77. The Balaban J connectivity index is 0.000000375. The third-order valence-electron chi connectivity index (χ3n) is 4.82. The number of methoxy groups -OCH3 is 2. The fourth-order valence-electron chi connectivity index (χ4n) is 2.97. The average Bonchev–Trinajstić information content (AvgIpc) is 2.88. The van der Waals surface area contributed by atoms with Crippen LogP contribution in [0, 0.1) is 10.1 Å². The van der Waals surface area contributed by atoms with Gasteiger partial charge in [-0.1, -0.05) is 0 Å². The smallest absolute Gasteiger partial charge is 0.283 e. The van der Waals surface area contributed by atoms with Gasteiger partial charge < -0.3 is 28.5 Å². The molecule has 0 aromatic heterocycles. The number of nitro groups is 1. The summed E-state index contributed by atoms with van der Waals surface area (Å²) in [5, 5.41) is 10.9. The molecule has 0 bridgehead atoms. The van der Waals surface area contributed by atoms with Crippen molar-refractivity contribution in [2.75, 3.05) is 27.4 Å². The number of carbonyl (C=O) groups excluding carboxylic acids is 4. The summed E-state index contributed by atoms with van der Waals surface area (Å²) < 4.78 is 21.0. The molecule has 2 rings (SSSR count). The minimum Gasteiger partial charge on any atom is -0.493 e. The van der Waals surface area contributed by atoms with E-state index in [1.165, 1.54) is 27.2 Å². The van der Waals surface area contributed by atoms with E-state index in [0.717, 1.165) is 12.4 Å². The molecule has 0 saturated heterocycles. The molecule has 0 amide bonds. The minimum absolute atomic E-state index is 0.0443. The van der Waals surface area contributed by atoms with E-state index in [1.54, 1.807) is 25.1 Å². The lowest BCUT2D eigenvalue weighted by atomic mass is 10.1. The van der Waals surface area contributed by atoms with E-state index < -0.39 is 4.92 Å². The molecule has 11 nitrogen and oxygen atoms in total. The number of ether oxygens (including phenoxy) is 4. The summed E-state index contributed by atoms with van der Waals surface area (Å²) in [5.41, 5.74) is 0.114. The van der Waals surface area contributed by atoms with Gasteiger partial charge in [0.25, 0.3) is 5.69 Å². The van der Waals surface area contributed by atoms with Gasteiger partial charge in [0.2, 0.25) is 0 Å². The van der Waals surface area contributed by atoms with Gasteiger partial charge in [-0.25, -0.2) is 0 Å². The minimum atomic E-state index is -0.661. The lowest BCUT2D eigenvalue weighted by Crippen LogP contribution is -2.03. The van der Waals surface area contributed by atoms with Crippen molar-refractivity contribution in [3.63, 3.8) is 0 Å². The largest absolute Gasteiger partial charge is 0.493 e. The average molecular weight is 518 g/mol. The zero-order valence-electron chi connectivity index (χ0n) is 21.3. The van der Waals surface area contributed by atoms with Gasteiger partial charge in [0.1, 0.15) is 17.9 Å². The fraction of sp³-hybridized carbons (Fsp3) is 0.385. The Morgan fingerprint density at radius 1 is 0.811 bits per heavy atom. The first-order valence-corrected chi connectivity index (χ1v) is 11.4. The van der Waals surface area contributed by atoms with Crippen molar-refractivity contribution in [2.45, 2.75) is 39.5 Å². The number of Topliss-reactive ketones (excluding diaryl/α,β-unsaturated/α-hetero) is 2. The topological polar surface area (TPSA) is 148 Å². The summed E-state index contributed by atoms with van der Waals surface area (Å²) >= 11 is 0. The third kappa shape index (κ3) is 10.9. The van der Waals surface area contributed by atoms with Gasteiger partial charge in [0, 0.05) is 24.5 Å². The van der Waals surface area contributed by atoms with Crippen LogP contribution in [0.2, 0.25) is 0 Å². The first-order valence-electron chi connectivity index (χ1n) is 11.4. The number of benzene rings is 2. The van der Waals surface area contributed by atoms with E-state index in [2.05, 4.69) is 0 Å². The van der Waals surface area contributed by atoms with Crippen LogP contribution < -0.4 is 18.9 Å². The maximum absolute atomic E-state index is 10.9. The molecule has 0 aliphatic heterocycles. The Morgan fingerprint density at radius 2 is 1.35 bits per heavy atom. The molecule has 0 unspecified atom stereocenters. The highest BCUT2D eigenvalue weighted by molar-refractivity contribution is 5.83. The Morgan fingerprint density at radius 3 is 1.81 bits per heavy atom. The van der Waals surface area contributed by atoms with Gasteiger partial charge in [-0.15, -0.1) is 0 Å². The third-order valence-corrected chi connectivity index (χ3v) is 4.82. The Kier molecular flexibility index (Phi) is 13.6. The number of carbonyl (C=O) groups is 4. The van der Waals surface area contributed by atoms with Crippen molar-refractivity contribution >= 4 is 29.8 Å². The molecule has 0 fully saturated rings. The standard InChI is InChI=1S/C13H15NO6.C13H16O4/c1-9(16)4-3-5-20-13-7-11(14(17)18)10(8-15)6-12(13)19-2;1-10(15)4-3-7-17-12-6-5-11(9-14)8-13(12)16-2/h6-8H,3-5H2,1-2H3;5-6,8-9H,3-4,7H2,1-2H3. The molecule has 0 heterocycles. The maximum atomic E-state index is 10.9. The van der Waals surface area contributed by atoms with Crippen LogP contribution in [-0.2, 0) is 9.59 Å². The van der Waals surface area contributed by atoms with E-state index in [1.807, 2.05) is 0 Å². The van der Waals surface area contributed by atoms with Crippen LogP contribution in [-0.4, -0.2) is 56.5 Å². The summed E-state index contributed by atoms with van der Waals surface area (Å²) in [6, 6.07) is 7.38. The van der Waals surface area contributed by atoms with E-state index in [9.17, 15) is 29.3 Å². The van der Waals surface area contributed by atoms with Crippen LogP contribution in [0.25, 0.3) is 0 Å². The zero-order valence-corrected chi connectivity index (χ0v) is 21.3. The van der Waals surface area contributed by atoms with Crippen molar-refractivity contribution in [2.24, 2.45) is 0 Å². The summed E-state index contributed by atoms with van der Waals surface area (Å²) in [7, 11) is 2.89. The molecule has 0 aliphatic rings. The van der Waals surface area contributed by atoms with Gasteiger partial charge in [-0.05, 0) is 44.9 Å². The molecule has 37 heavy (non-hydrogen) atoms. The van der Waals surface area contributed by atoms with Gasteiger partial charge >= 0.3 is 0 Å². The lowest BCUT2D eigenvalue weighted by molar-refractivity contribution is -0.385. The van der Waals surface area contributed by atoms with Crippen molar-refractivity contribution < 1.29 is 43.0 Å². The number of aldehydes is 2. The second-order valence-corrected chi connectivity index (χ2v) is 7.77. The quantitative estimate of drug-likeness (QED) is 0.144. The van der Waals surface area contributed by atoms with Gasteiger partial charge in [-0.2, -0.15) is 0 Å². The maximum Gasteiger partial charge on any atom is 0.283 e. The number of hydrogen-bond donors (Lipinski definition) is 0. The molecule has 11 heteroatoms. The first kappa shape index (κ1) is 30.8. The molecule has 0 spiro atoms. The molecule has 200 valence electrons. The van der Waals surface area contributed by atoms with Crippen LogP contribution in [0.15, 0.2) is 30.3 Å². The van der Waals surface area contributed by atoms with E-state index >= 15 is 0 Å². The van der Waals surface area contributed by atoms with E-state index in [-0.39, 0.29) is 40.9 Å². The highest BCUT2D eigenvalue weighted by Crippen LogP contribution is 2.34. The van der Waals surface area contributed by atoms with Crippen LogP contribution >= 0.6 is 0 Å². The highest BCUT2D eigenvalue weighted by atomic mass is 16.6. The predicted molar refractivity (Wildman–Crippen MR) is 134 cm³/mol. The molecule has 0 atom stereocenters. The Bertz CT molecular complexity index is 1100. The normalized spacial score (nSPS) is 9.84. The van der Waals surface area contributed by atoms with Crippen molar-refractivity contribution in [1.29, 1.82) is 0 Å². The molecule has 0 radical (unpaired) electrons. The van der Waals surface area contributed by atoms with E-state index in [4.69, 9.17) is 18.9 Å². The number of nitrogens with zero attached hydrogens (tertiary/aromatic N) is 1. The van der Waals surface area contributed by atoms with Crippen LogP contribution in [0.5, 0.6) is 23.0 Å². The SMILES string of the molecule is COc1cc(C=O)c([N+](=O)[O-])cc1OCCCC(C)=O.COc1cc(C=O)ccc1OCCCC(C)=O. The number of ketones is 2. The van der Waals surface area contributed by atoms with Crippen molar-refractivity contribution in [3.05, 3.63) is 51.6 Å². The summed E-state index contributed by atoms with van der Waals surface area (Å²) in [5.74, 6) is 1.72. The number of nitro benzene ring substituents is 1. The number of hydrogen-bond acceptors (Lipinski definition) is 10. The molecule has 2 aromatic carbocycles. The molecule has 0 N–H and O–H groups in total. The van der Waals surface area contributed by atoms with Crippen molar-refractivity contribution in [3.8, 4) is 23.0 Å². The van der Waals surface area contributed by atoms with Gasteiger partial charge in [0.05, 0.1) is 44.0 Å². The molecule has 2 aromatic rings. The molecule has 0 saturated carbocycles. The molecule has 0 aliphatic carbocycles. The Labute approximate surface area is 214 Å². The summed E-state index contributed by atoms with van der Waals surface area (Å²) in [6.07, 6.45) is 3.20. The van der Waals surface area contributed by atoms with Crippen LogP contribution in [0.4, 0.5) is 5.69 Å². The first-order chi connectivity index (χ1) is 17.7. The number of rotatable bonds is 15. The fourth-order valence-corrected chi connectivity index (χ4v) is 2.97. The zero-order chi connectivity index (χ0) is 27.8. The highest BCUT2D eigenvalue weighted by Gasteiger charge is 2.19. The van der Waals surface area contributed by atoms with Crippen molar-refractivity contribution in [1.82, 2.24) is 0 Å². The lowest BCUT2D eigenvalue weighted by Gasteiger charge is -2.11. The van der Waals surface area contributed by atoms with E-state index in [0.29, 0.717) is 55.6 Å². The summed E-state index contributed by atoms with van der Waals surface area (Å²) in [6.45, 7) is 3.72. The predicted octanol–water partition coefficient (Wildman–Crippen LogP) is 4.42. The Hall–Kier alpha value is -4.28.